The third-order valence-electron chi connectivity index (χ3n) is 2.92. The van der Waals surface area contributed by atoms with E-state index in [-0.39, 0.29) is 11.4 Å². The molecule has 0 aliphatic heterocycles. The van der Waals surface area contributed by atoms with Crippen LogP contribution in [0.3, 0.4) is 0 Å². The molecule has 2 N–H and O–H groups in total. The summed E-state index contributed by atoms with van der Waals surface area (Å²) in [6.07, 6.45) is 4.96. The molecule has 5 heteroatoms. The first-order valence-electron chi connectivity index (χ1n) is 6.77. The number of nitrogens with zero attached hydrogens (tertiary/aromatic N) is 2. The Hall–Kier alpha value is -2.14. The summed E-state index contributed by atoms with van der Waals surface area (Å²) in [4.78, 5) is 16.1. The molecule has 1 aromatic carbocycles. The summed E-state index contributed by atoms with van der Waals surface area (Å²) in [6.45, 7) is 3.29. The van der Waals surface area contributed by atoms with E-state index in [9.17, 15) is 4.79 Å². The lowest BCUT2D eigenvalue weighted by molar-refractivity contribution is 0.443. The summed E-state index contributed by atoms with van der Waals surface area (Å²) >= 11 is 0. The van der Waals surface area contributed by atoms with Gasteiger partial charge in [-0.2, -0.15) is 0 Å². The molecule has 0 aliphatic carbocycles. The minimum atomic E-state index is -0.208. The normalized spacial score (nSPS) is 10.5. The van der Waals surface area contributed by atoms with Crippen LogP contribution in [0.1, 0.15) is 18.9 Å². The van der Waals surface area contributed by atoms with Gasteiger partial charge in [-0.3, -0.25) is 4.79 Å². The number of nitrogens with two attached hydrogens (primary N) is 1. The molecule has 0 amide bonds. The molecular formula is C15H19N3O2. The standard InChI is InChI=1S/C15H19N3O2/c1-2-10-18-11-9-17-14(15(18)19)20-13-5-3-12(4-6-13)7-8-16/h3-6,9,11H,2,7-8,10,16H2,1H3. The van der Waals surface area contributed by atoms with E-state index in [0.29, 0.717) is 18.8 Å². The molecule has 0 bridgehead atoms. The average Bonchev–Trinajstić information content (AvgIpc) is 2.46. The van der Waals surface area contributed by atoms with E-state index in [1.807, 2.05) is 31.2 Å². The molecule has 5 nitrogen and oxygen atoms in total. The van der Waals surface area contributed by atoms with Gasteiger partial charge in [0, 0.05) is 18.9 Å². The maximum absolute atomic E-state index is 12.1. The molecule has 0 radical (unpaired) electrons. The van der Waals surface area contributed by atoms with Crippen LogP contribution in [-0.2, 0) is 13.0 Å². The summed E-state index contributed by atoms with van der Waals surface area (Å²) in [5.41, 5.74) is 6.44. The largest absolute Gasteiger partial charge is 0.435 e. The van der Waals surface area contributed by atoms with E-state index in [1.165, 1.54) is 0 Å². The summed E-state index contributed by atoms with van der Waals surface area (Å²) in [5.74, 6) is 0.706. The van der Waals surface area contributed by atoms with Crippen LogP contribution in [-0.4, -0.2) is 16.1 Å². The minimum Gasteiger partial charge on any atom is -0.435 e. The minimum absolute atomic E-state index is 0.104. The number of aromatic nitrogens is 2. The van der Waals surface area contributed by atoms with Crippen molar-refractivity contribution in [1.29, 1.82) is 0 Å². The number of hydrogen-bond donors (Lipinski definition) is 1. The summed E-state index contributed by atoms with van der Waals surface area (Å²) in [6, 6.07) is 7.53. The van der Waals surface area contributed by atoms with Crippen molar-refractivity contribution in [3.63, 3.8) is 0 Å². The van der Waals surface area contributed by atoms with Gasteiger partial charge in [0.05, 0.1) is 0 Å². The van der Waals surface area contributed by atoms with E-state index in [4.69, 9.17) is 10.5 Å². The second-order valence-corrected chi connectivity index (χ2v) is 4.52. The second kappa shape index (κ2) is 6.86. The predicted molar refractivity (Wildman–Crippen MR) is 78.1 cm³/mol. The first kappa shape index (κ1) is 14.3. The van der Waals surface area contributed by atoms with Gasteiger partial charge in [0.25, 0.3) is 5.88 Å². The van der Waals surface area contributed by atoms with Gasteiger partial charge in [-0.05, 0) is 37.1 Å². The average molecular weight is 273 g/mol. The predicted octanol–water partition coefficient (Wildman–Crippen LogP) is 1.95. The molecule has 20 heavy (non-hydrogen) atoms. The lowest BCUT2D eigenvalue weighted by atomic mass is 10.1. The first-order valence-corrected chi connectivity index (χ1v) is 6.77. The summed E-state index contributed by atoms with van der Waals surface area (Å²) in [7, 11) is 0. The zero-order valence-corrected chi connectivity index (χ0v) is 11.6. The van der Waals surface area contributed by atoms with E-state index < -0.39 is 0 Å². The van der Waals surface area contributed by atoms with E-state index in [0.717, 1.165) is 18.4 Å². The smallest absolute Gasteiger partial charge is 0.313 e. The molecule has 0 unspecified atom stereocenters. The Morgan fingerprint density at radius 1 is 1.30 bits per heavy atom. The molecule has 0 fully saturated rings. The maximum Gasteiger partial charge on any atom is 0.313 e. The summed E-state index contributed by atoms with van der Waals surface area (Å²) in [5, 5.41) is 0. The number of rotatable bonds is 6. The number of hydrogen-bond acceptors (Lipinski definition) is 4. The molecule has 0 aliphatic rings. The van der Waals surface area contributed by atoms with Gasteiger partial charge in [0.1, 0.15) is 5.75 Å². The van der Waals surface area contributed by atoms with Crippen LogP contribution in [0, 0.1) is 0 Å². The zero-order chi connectivity index (χ0) is 14.4. The molecule has 106 valence electrons. The topological polar surface area (TPSA) is 70.1 Å². The Labute approximate surface area is 118 Å². The van der Waals surface area contributed by atoms with Crippen molar-refractivity contribution in [2.45, 2.75) is 26.3 Å². The quantitative estimate of drug-likeness (QED) is 0.873. The number of aryl methyl sites for hydroxylation is 1. The third-order valence-corrected chi connectivity index (χ3v) is 2.92. The highest BCUT2D eigenvalue weighted by Gasteiger charge is 2.07. The van der Waals surface area contributed by atoms with Gasteiger partial charge in [-0.15, -0.1) is 0 Å². The lowest BCUT2D eigenvalue weighted by Crippen LogP contribution is -2.21. The number of ether oxygens (including phenoxy) is 1. The van der Waals surface area contributed by atoms with Crippen molar-refractivity contribution >= 4 is 0 Å². The third kappa shape index (κ3) is 3.45. The molecule has 0 saturated heterocycles. The van der Waals surface area contributed by atoms with Crippen LogP contribution < -0.4 is 16.0 Å². The molecule has 1 aromatic heterocycles. The van der Waals surface area contributed by atoms with Gasteiger partial charge >= 0.3 is 5.56 Å². The van der Waals surface area contributed by atoms with Crippen molar-refractivity contribution < 1.29 is 4.74 Å². The zero-order valence-electron chi connectivity index (χ0n) is 11.6. The highest BCUT2D eigenvalue weighted by Crippen LogP contribution is 2.17. The fourth-order valence-electron chi connectivity index (χ4n) is 1.92. The van der Waals surface area contributed by atoms with Gasteiger partial charge in [0.2, 0.25) is 0 Å². The molecule has 2 rings (SSSR count). The van der Waals surface area contributed by atoms with Gasteiger partial charge < -0.3 is 15.0 Å². The number of benzene rings is 1. The van der Waals surface area contributed by atoms with Crippen LogP contribution in [0.25, 0.3) is 0 Å². The Morgan fingerprint density at radius 3 is 2.70 bits per heavy atom. The summed E-state index contributed by atoms with van der Waals surface area (Å²) < 4.78 is 7.16. The van der Waals surface area contributed by atoms with E-state index >= 15 is 0 Å². The Bertz CT molecular complexity index is 605. The van der Waals surface area contributed by atoms with Crippen LogP contribution in [0.2, 0.25) is 0 Å². The monoisotopic (exact) mass is 273 g/mol. The van der Waals surface area contributed by atoms with Crippen molar-refractivity contribution in [3.05, 3.63) is 52.6 Å². The molecule has 0 saturated carbocycles. The molecule has 0 spiro atoms. The van der Waals surface area contributed by atoms with Gasteiger partial charge in [-0.25, -0.2) is 4.98 Å². The van der Waals surface area contributed by atoms with Gasteiger partial charge in [-0.1, -0.05) is 19.1 Å². The van der Waals surface area contributed by atoms with Crippen molar-refractivity contribution in [2.24, 2.45) is 5.73 Å². The van der Waals surface area contributed by atoms with Crippen LogP contribution >= 0.6 is 0 Å². The highest BCUT2D eigenvalue weighted by atomic mass is 16.5. The fourth-order valence-corrected chi connectivity index (χ4v) is 1.92. The van der Waals surface area contributed by atoms with Crippen LogP contribution in [0.4, 0.5) is 0 Å². The van der Waals surface area contributed by atoms with Gasteiger partial charge in [0.15, 0.2) is 0 Å². The molecule has 2 aromatic rings. The molecule has 0 atom stereocenters. The Balaban J connectivity index is 2.17. The van der Waals surface area contributed by atoms with Crippen molar-refractivity contribution in [3.8, 4) is 11.6 Å². The molecular weight excluding hydrogens is 254 g/mol. The van der Waals surface area contributed by atoms with Crippen LogP contribution in [0.5, 0.6) is 11.6 Å². The van der Waals surface area contributed by atoms with Crippen molar-refractivity contribution in [2.75, 3.05) is 6.54 Å². The Morgan fingerprint density at radius 2 is 2.05 bits per heavy atom. The van der Waals surface area contributed by atoms with Crippen molar-refractivity contribution in [1.82, 2.24) is 9.55 Å². The maximum atomic E-state index is 12.1. The lowest BCUT2D eigenvalue weighted by Gasteiger charge is -2.08. The van der Waals surface area contributed by atoms with E-state index in [1.54, 1.807) is 17.0 Å². The highest BCUT2D eigenvalue weighted by molar-refractivity contribution is 5.30. The van der Waals surface area contributed by atoms with Crippen LogP contribution in [0.15, 0.2) is 41.5 Å². The Kier molecular flexibility index (Phi) is 4.90. The molecule has 1 heterocycles. The fraction of sp³-hybridized carbons (Fsp3) is 0.333. The SMILES string of the molecule is CCCn1ccnc(Oc2ccc(CCN)cc2)c1=O. The second-order valence-electron chi connectivity index (χ2n) is 4.52. The van der Waals surface area contributed by atoms with E-state index in [2.05, 4.69) is 4.98 Å². The first-order chi connectivity index (χ1) is 9.74.